The zero-order chi connectivity index (χ0) is 18.1. The van der Waals surface area contributed by atoms with Crippen molar-refractivity contribution < 1.29 is 13.9 Å². The van der Waals surface area contributed by atoms with Crippen LogP contribution in [-0.2, 0) is 4.74 Å². The molecule has 4 heterocycles. The van der Waals surface area contributed by atoms with Gasteiger partial charge < -0.3 is 14.1 Å². The molecule has 0 aromatic carbocycles. The lowest BCUT2D eigenvalue weighted by Crippen LogP contribution is -2.49. The fourth-order valence-electron chi connectivity index (χ4n) is 3.72. The Morgan fingerprint density at radius 2 is 1.85 bits per heavy atom. The van der Waals surface area contributed by atoms with Crippen molar-refractivity contribution >= 4 is 5.91 Å². The lowest BCUT2D eigenvalue weighted by atomic mass is 9.91. The molecule has 136 valence electrons. The Labute approximate surface area is 151 Å². The first-order valence-corrected chi connectivity index (χ1v) is 9.05. The van der Waals surface area contributed by atoms with Gasteiger partial charge in [-0.2, -0.15) is 0 Å². The maximum atomic E-state index is 12.8. The number of rotatable bonds is 3. The first-order chi connectivity index (χ1) is 12.6. The summed E-state index contributed by atoms with van der Waals surface area (Å²) in [5, 5.41) is 0. The molecule has 2 aromatic rings. The van der Waals surface area contributed by atoms with Gasteiger partial charge in [-0.15, -0.1) is 0 Å². The predicted molar refractivity (Wildman–Crippen MR) is 95.4 cm³/mol. The minimum Gasteiger partial charge on any atom is -0.427 e. The number of aryl methyl sites for hydroxylation is 1. The van der Waals surface area contributed by atoms with Crippen LogP contribution in [-0.4, -0.2) is 42.1 Å². The third-order valence-corrected chi connectivity index (χ3v) is 5.35. The molecule has 2 fully saturated rings. The molecule has 6 nitrogen and oxygen atoms in total. The van der Waals surface area contributed by atoms with Gasteiger partial charge in [0.25, 0.3) is 5.91 Å². The zero-order valence-corrected chi connectivity index (χ0v) is 14.8. The number of hydrogen-bond acceptors (Lipinski definition) is 5. The highest BCUT2D eigenvalue weighted by atomic mass is 16.5. The third-order valence-electron chi connectivity index (χ3n) is 5.35. The van der Waals surface area contributed by atoms with Crippen LogP contribution in [0.5, 0.6) is 0 Å². The van der Waals surface area contributed by atoms with Gasteiger partial charge in [-0.25, -0.2) is 4.79 Å². The molecule has 0 radical (unpaired) electrons. The van der Waals surface area contributed by atoms with Gasteiger partial charge in [0, 0.05) is 50.5 Å². The Morgan fingerprint density at radius 3 is 2.50 bits per heavy atom. The highest BCUT2D eigenvalue weighted by Gasteiger charge is 2.34. The van der Waals surface area contributed by atoms with Gasteiger partial charge in [-0.1, -0.05) is 0 Å². The molecule has 2 aliphatic rings. The summed E-state index contributed by atoms with van der Waals surface area (Å²) >= 11 is 0. The predicted octanol–water partition coefficient (Wildman–Crippen LogP) is 2.48. The van der Waals surface area contributed by atoms with Crippen LogP contribution in [0.15, 0.2) is 39.8 Å². The van der Waals surface area contributed by atoms with Crippen molar-refractivity contribution in [2.75, 3.05) is 26.3 Å². The minimum absolute atomic E-state index is 0.161. The first kappa shape index (κ1) is 17.0. The molecule has 0 spiro atoms. The van der Waals surface area contributed by atoms with Gasteiger partial charge in [0.1, 0.15) is 11.3 Å². The lowest BCUT2D eigenvalue weighted by Gasteiger charge is -2.39. The highest BCUT2D eigenvalue weighted by molar-refractivity contribution is 5.95. The lowest BCUT2D eigenvalue weighted by molar-refractivity contribution is 0.0594. The maximum absolute atomic E-state index is 12.8. The standard InChI is InChI=1S/C20H22N2O4/c1-13-10-17(15-4-8-25-9-5-15)26-20(24)18(13)19(23)22-11-16(12-22)14-2-6-21-7-3-14/h2-3,6-7,10,15-16H,4-5,8-9,11-12H2,1H3. The largest absolute Gasteiger partial charge is 0.427 e. The second-order valence-electron chi connectivity index (χ2n) is 7.07. The van der Waals surface area contributed by atoms with Crippen LogP contribution in [0.2, 0.25) is 0 Å². The van der Waals surface area contributed by atoms with Crippen LogP contribution >= 0.6 is 0 Å². The van der Waals surface area contributed by atoms with Gasteiger partial charge in [0.05, 0.1) is 0 Å². The number of hydrogen-bond donors (Lipinski definition) is 0. The molecule has 2 aliphatic heterocycles. The van der Waals surface area contributed by atoms with E-state index in [1.807, 2.05) is 25.1 Å². The van der Waals surface area contributed by atoms with Crippen LogP contribution < -0.4 is 5.63 Å². The molecule has 0 aliphatic carbocycles. The number of aromatic nitrogens is 1. The van der Waals surface area contributed by atoms with E-state index in [9.17, 15) is 9.59 Å². The molecule has 0 bridgehead atoms. The minimum atomic E-state index is -0.524. The van der Waals surface area contributed by atoms with Gasteiger partial charge in [-0.05, 0) is 49.1 Å². The second kappa shape index (κ2) is 7.03. The summed E-state index contributed by atoms with van der Waals surface area (Å²) < 4.78 is 10.9. The fraction of sp³-hybridized carbons (Fsp3) is 0.450. The van der Waals surface area contributed by atoms with Crippen molar-refractivity contribution in [1.29, 1.82) is 0 Å². The molecule has 4 rings (SSSR count). The van der Waals surface area contributed by atoms with E-state index >= 15 is 0 Å². The Balaban J connectivity index is 1.49. The van der Waals surface area contributed by atoms with E-state index in [0.717, 1.165) is 12.8 Å². The Morgan fingerprint density at radius 1 is 1.15 bits per heavy atom. The van der Waals surface area contributed by atoms with E-state index < -0.39 is 5.63 Å². The average molecular weight is 354 g/mol. The quantitative estimate of drug-likeness (QED) is 0.847. The van der Waals surface area contributed by atoms with Gasteiger partial charge in [-0.3, -0.25) is 9.78 Å². The molecular formula is C20H22N2O4. The molecule has 0 N–H and O–H groups in total. The van der Waals surface area contributed by atoms with Crippen molar-refractivity contribution in [3.05, 3.63) is 63.5 Å². The normalized spacial score (nSPS) is 18.6. The van der Waals surface area contributed by atoms with Crippen LogP contribution in [0, 0.1) is 6.92 Å². The Bertz CT molecular complexity index is 850. The second-order valence-corrected chi connectivity index (χ2v) is 7.07. The number of carbonyl (C=O) groups excluding carboxylic acids is 1. The summed E-state index contributed by atoms with van der Waals surface area (Å²) in [6.45, 7) is 4.40. The van der Waals surface area contributed by atoms with E-state index in [2.05, 4.69) is 4.98 Å². The number of ether oxygens (including phenoxy) is 1. The van der Waals surface area contributed by atoms with Crippen LogP contribution in [0.1, 0.15) is 51.9 Å². The van der Waals surface area contributed by atoms with E-state index in [1.165, 1.54) is 5.56 Å². The fourth-order valence-corrected chi connectivity index (χ4v) is 3.72. The third kappa shape index (κ3) is 3.17. The van der Waals surface area contributed by atoms with Crippen LogP contribution in [0.4, 0.5) is 0 Å². The summed E-state index contributed by atoms with van der Waals surface area (Å²) in [5.41, 5.74) is 1.50. The Hall–Kier alpha value is -2.47. The number of likely N-dealkylation sites (tertiary alicyclic amines) is 1. The van der Waals surface area contributed by atoms with Crippen molar-refractivity contribution in [1.82, 2.24) is 9.88 Å². The molecule has 6 heteroatoms. The molecule has 26 heavy (non-hydrogen) atoms. The average Bonchev–Trinajstić information content (AvgIpc) is 2.61. The molecule has 0 saturated carbocycles. The zero-order valence-electron chi connectivity index (χ0n) is 14.8. The van der Waals surface area contributed by atoms with Crippen LogP contribution in [0.3, 0.4) is 0 Å². The highest BCUT2D eigenvalue weighted by Crippen LogP contribution is 2.30. The van der Waals surface area contributed by atoms with Crippen molar-refractivity contribution in [3.8, 4) is 0 Å². The van der Waals surface area contributed by atoms with Crippen molar-refractivity contribution in [2.24, 2.45) is 0 Å². The van der Waals surface area contributed by atoms with Gasteiger partial charge >= 0.3 is 5.63 Å². The molecule has 2 saturated heterocycles. The van der Waals surface area contributed by atoms with E-state index in [4.69, 9.17) is 9.15 Å². The molecule has 1 amide bonds. The number of pyridine rings is 1. The van der Waals surface area contributed by atoms with Crippen molar-refractivity contribution in [3.63, 3.8) is 0 Å². The SMILES string of the molecule is Cc1cc(C2CCOCC2)oc(=O)c1C(=O)N1CC(c2ccncc2)C1. The van der Waals surface area contributed by atoms with Crippen LogP contribution in [0.25, 0.3) is 0 Å². The molecule has 0 atom stereocenters. The smallest absolute Gasteiger partial charge is 0.349 e. The topological polar surface area (TPSA) is 72.6 Å². The van der Waals surface area contributed by atoms with E-state index in [-0.39, 0.29) is 17.4 Å². The monoisotopic (exact) mass is 354 g/mol. The summed E-state index contributed by atoms with van der Waals surface area (Å²) in [6.07, 6.45) is 5.20. The van der Waals surface area contributed by atoms with E-state index in [0.29, 0.717) is 43.5 Å². The van der Waals surface area contributed by atoms with E-state index in [1.54, 1.807) is 17.3 Å². The van der Waals surface area contributed by atoms with Gasteiger partial charge in [0.15, 0.2) is 0 Å². The number of nitrogens with zero attached hydrogens (tertiary/aromatic N) is 2. The molecule has 2 aromatic heterocycles. The summed E-state index contributed by atoms with van der Waals surface area (Å²) in [7, 11) is 0. The summed E-state index contributed by atoms with van der Waals surface area (Å²) in [6, 6.07) is 5.79. The maximum Gasteiger partial charge on any atom is 0.349 e. The molecular weight excluding hydrogens is 332 g/mol. The first-order valence-electron chi connectivity index (χ1n) is 9.05. The summed E-state index contributed by atoms with van der Waals surface area (Å²) in [5.74, 6) is 0.931. The Kier molecular flexibility index (Phi) is 4.59. The number of carbonyl (C=O) groups is 1. The summed E-state index contributed by atoms with van der Waals surface area (Å²) in [4.78, 5) is 31.0. The number of amides is 1. The van der Waals surface area contributed by atoms with Gasteiger partial charge in [0.2, 0.25) is 0 Å². The van der Waals surface area contributed by atoms with Crippen molar-refractivity contribution in [2.45, 2.75) is 31.6 Å². The molecule has 0 unspecified atom stereocenters.